The summed E-state index contributed by atoms with van der Waals surface area (Å²) in [7, 11) is 0. The summed E-state index contributed by atoms with van der Waals surface area (Å²) in [6, 6.07) is 17.4. The first kappa shape index (κ1) is 24.4. The maximum Gasteiger partial charge on any atom is 0.0581 e. The van der Waals surface area contributed by atoms with Crippen LogP contribution in [0, 0.1) is 0 Å². The molecule has 0 atom stereocenters. The number of nitrogens with one attached hydrogen (secondary N) is 1. The predicted molar refractivity (Wildman–Crippen MR) is 164 cm³/mol. The number of allylic oxidation sites excluding steroid dienone is 5. The molecule has 0 saturated heterocycles. The summed E-state index contributed by atoms with van der Waals surface area (Å²) in [5.41, 5.74) is 11.6. The highest BCUT2D eigenvalue weighted by molar-refractivity contribution is 6.00. The Kier molecular flexibility index (Phi) is 6.35. The van der Waals surface area contributed by atoms with E-state index in [1.165, 1.54) is 39.0 Å². The summed E-state index contributed by atoms with van der Waals surface area (Å²) in [6.45, 7) is 17.0. The minimum absolute atomic E-state index is 0.187. The molecule has 3 heterocycles. The first-order valence-electron chi connectivity index (χ1n) is 12.9. The van der Waals surface area contributed by atoms with Gasteiger partial charge in [0.2, 0.25) is 0 Å². The quantitative estimate of drug-likeness (QED) is 0.282. The number of rotatable bonds is 6. The summed E-state index contributed by atoms with van der Waals surface area (Å²) in [6.07, 6.45) is 18.9. The first-order chi connectivity index (χ1) is 18.0. The number of nitrogens with zero attached hydrogens (tertiary/aromatic N) is 1. The molecule has 0 unspecified atom stereocenters. The van der Waals surface area contributed by atoms with E-state index in [2.05, 4.69) is 122 Å². The summed E-state index contributed by atoms with van der Waals surface area (Å²) in [4.78, 5) is 3.58. The Hall–Kier alpha value is -4.30. The smallest absolute Gasteiger partial charge is 0.0581 e. The van der Waals surface area contributed by atoms with Crippen molar-refractivity contribution in [1.29, 1.82) is 0 Å². The van der Waals surface area contributed by atoms with Gasteiger partial charge in [0, 0.05) is 38.9 Å². The van der Waals surface area contributed by atoms with Crippen LogP contribution in [0.4, 0.5) is 0 Å². The molecular weight excluding hydrogens is 448 g/mol. The number of hydrogen-bond acceptors (Lipinski definition) is 0. The third kappa shape index (κ3) is 3.81. The van der Waals surface area contributed by atoms with E-state index in [-0.39, 0.29) is 5.41 Å². The molecule has 0 fully saturated rings. The molecule has 184 valence electrons. The summed E-state index contributed by atoms with van der Waals surface area (Å²) >= 11 is 0. The van der Waals surface area contributed by atoms with Crippen molar-refractivity contribution in [2.75, 3.05) is 0 Å². The van der Waals surface area contributed by atoms with E-state index in [1.807, 2.05) is 32.1 Å². The van der Waals surface area contributed by atoms with E-state index in [0.717, 1.165) is 22.5 Å². The molecule has 1 N–H and O–H groups in total. The van der Waals surface area contributed by atoms with Gasteiger partial charge >= 0.3 is 0 Å². The molecule has 0 radical (unpaired) electrons. The minimum atomic E-state index is -0.187. The number of aromatic amines is 1. The number of benzene rings is 2. The van der Waals surface area contributed by atoms with E-state index in [4.69, 9.17) is 0 Å². The molecule has 5 rings (SSSR count). The molecule has 2 aromatic carbocycles. The Balaban J connectivity index is 1.75. The fraction of sp³-hybridized carbons (Fsp3) is 0.143. The molecule has 37 heavy (non-hydrogen) atoms. The van der Waals surface area contributed by atoms with Crippen LogP contribution >= 0.6 is 0 Å². The number of H-pyrrole nitrogens is 1. The lowest BCUT2D eigenvalue weighted by molar-refractivity contribution is 0.664. The number of fused-ring (bicyclic) bond motifs is 5. The normalized spacial score (nSPS) is 15.7. The van der Waals surface area contributed by atoms with Gasteiger partial charge < -0.3 is 9.55 Å². The summed E-state index contributed by atoms with van der Waals surface area (Å²) < 4.78 is 2.41. The fourth-order valence-electron chi connectivity index (χ4n) is 5.72. The van der Waals surface area contributed by atoms with E-state index >= 15 is 0 Å². The van der Waals surface area contributed by atoms with Crippen LogP contribution < -0.4 is 0 Å². The average molecular weight is 483 g/mol. The van der Waals surface area contributed by atoms with E-state index in [0.29, 0.717) is 0 Å². The minimum Gasteiger partial charge on any atom is -0.355 e. The molecular formula is C35H34N2. The molecule has 0 aliphatic carbocycles. The number of para-hydroxylation sites is 2. The SMILES string of the molecule is C=Cc1c(/C=C\C)[nH]c(/C=C\C=C2/c3c(C=C)c4ccccc4n3-c3ccccc3C2(C)C)c1/C=C\C. The summed E-state index contributed by atoms with van der Waals surface area (Å²) in [5.74, 6) is 0. The molecule has 2 aromatic heterocycles. The average Bonchev–Trinajstić information content (AvgIpc) is 3.41. The van der Waals surface area contributed by atoms with Gasteiger partial charge in [0.1, 0.15) is 0 Å². The van der Waals surface area contributed by atoms with Gasteiger partial charge in [-0.25, -0.2) is 0 Å². The van der Waals surface area contributed by atoms with E-state index in [1.54, 1.807) is 0 Å². The van der Waals surface area contributed by atoms with Crippen molar-refractivity contribution < 1.29 is 0 Å². The van der Waals surface area contributed by atoms with Crippen molar-refractivity contribution >= 4 is 46.9 Å². The maximum atomic E-state index is 4.21. The zero-order valence-electron chi connectivity index (χ0n) is 22.2. The lowest BCUT2D eigenvalue weighted by atomic mass is 9.72. The monoisotopic (exact) mass is 482 g/mol. The van der Waals surface area contributed by atoms with Crippen LogP contribution in [0.5, 0.6) is 0 Å². The molecule has 0 spiro atoms. The lowest BCUT2D eigenvalue weighted by Gasteiger charge is -2.37. The van der Waals surface area contributed by atoms with Gasteiger partial charge in [-0.15, -0.1) is 0 Å². The second-order valence-electron chi connectivity index (χ2n) is 9.88. The highest BCUT2D eigenvalue weighted by Gasteiger charge is 2.37. The van der Waals surface area contributed by atoms with Gasteiger partial charge in [-0.05, 0) is 49.3 Å². The zero-order valence-corrected chi connectivity index (χ0v) is 22.2. The van der Waals surface area contributed by atoms with Crippen molar-refractivity contribution in [1.82, 2.24) is 9.55 Å². The van der Waals surface area contributed by atoms with Crippen LogP contribution in [0.2, 0.25) is 0 Å². The molecule has 2 heteroatoms. The maximum absolute atomic E-state index is 4.21. The standard InChI is InChI=1S/C35H34N2/c1-7-16-26-24(9-3)30(17-8-2)36-31(26)21-15-20-29-34-25(10-4)27-18-11-13-22-32(27)37(34)33-23-14-12-19-28(33)35(29,5)6/h7-23,36H,3-4H2,1-2,5-6H3/b16-7-,17-8-,21-15-,29-20+. The largest absolute Gasteiger partial charge is 0.355 e. The van der Waals surface area contributed by atoms with E-state index < -0.39 is 0 Å². The second kappa shape index (κ2) is 9.63. The van der Waals surface area contributed by atoms with Crippen molar-refractivity contribution in [3.05, 3.63) is 125 Å². The van der Waals surface area contributed by atoms with Crippen molar-refractivity contribution in [3.8, 4) is 5.69 Å². The van der Waals surface area contributed by atoms with Crippen molar-refractivity contribution in [3.63, 3.8) is 0 Å². The fourth-order valence-corrected chi connectivity index (χ4v) is 5.72. The van der Waals surface area contributed by atoms with Crippen LogP contribution in [-0.2, 0) is 5.41 Å². The Morgan fingerprint density at radius 3 is 2.19 bits per heavy atom. The highest BCUT2D eigenvalue weighted by Crippen LogP contribution is 2.49. The van der Waals surface area contributed by atoms with Crippen LogP contribution in [0.15, 0.2) is 86.0 Å². The Labute approximate surface area is 220 Å². The van der Waals surface area contributed by atoms with Gasteiger partial charge in [0.15, 0.2) is 0 Å². The summed E-state index contributed by atoms with van der Waals surface area (Å²) in [5, 5.41) is 1.22. The molecule has 1 aliphatic rings. The van der Waals surface area contributed by atoms with Gasteiger partial charge in [-0.2, -0.15) is 0 Å². The molecule has 2 nitrogen and oxygen atoms in total. The van der Waals surface area contributed by atoms with Gasteiger partial charge in [0.25, 0.3) is 0 Å². The third-order valence-electron chi connectivity index (χ3n) is 7.40. The third-order valence-corrected chi connectivity index (χ3v) is 7.40. The van der Waals surface area contributed by atoms with Crippen LogP contribution in [0.25, 0.3) is 52.5 Å². The Morgan fingerprint density at radius 1 is 0.784 bits per heavy atom. The highest BCUT2D eigenvalue weighted by atomic mass is 15.0. The molecule has 0 bridgehead atoms. The molecule has 4 aromatic rings. The predicted octanol–water partition coefficient (Wildman–Crippen LogP) is 9.70. The number of aromatic nitrogens is 2. The lowest BCUT2D eigenvalue weighted by Crippen LogP contribution is -2.28. The first-order valence-corrected chi connectivity index (χ1v) is 12.9. The Morgan fingerprint density at radius 2 is 1.46 bits per heavy atom. The molecule has 0 saturated carbocycles. The number of hydrogen-bond donors (Lipinski definition) is 1. The van der Waals surface area contributed by atoms with Crippen LogP contribution in [0.1, 0.15) is 67.0 Å². The Bertz CT molecular complexity index is 1640. The molecule has 0 amide bonds. The topological polar surface area (TPSA) is 20.7 Å². The van der Waals surface area contributed by atoms with Crippen LogP contribution in [-0.4, -0.2) is 9.55 Å². The van der Waals surface area contributed by atoms with Crippen molar-refractivity contribution in [2.45, 2.75) is 33.1 Å². The van der Waals surface area contributed by atoms with Gasteiger partial charge in [-0.3, -0.25) is 0 Å². The van der Waals surface area contributed by atoms with Gasteiger partial charge in [-0.1, -0.05) is 106 Å². The molecule has 1 aliphatic heterocycles. The van der Waals surface area contributed by atoms with Crippen molar-refractivity contribution in [2.24, 2.45) is 0 Å². The zero-order chi connectivity index (χ0) is 26.2. The second-order valence-corrected chi connectivity index (χ2v) is 9.88. The van der Waals surface area contributed by atoms with Gasteiger partial charge in [0.05, 0.1) is 16.9 Å². The van der Waals surface area contributed by atoms with E-state index in [9.17, 15) is 0 Å². The van der Waals surface area contributed by atoms with Crippen LogP contribution in [0.3, 0.4) is 0 Å².